The van der Waals surface area contributed by atoms with E-state index in [9.17, 15) is 4.79 Å². The fraction of sp³-hybridized carbons (Fsp3) is 0.364. The Hall–Kier alpha value is -1.43. The summed E-state index contributed by atoms with van der Waals surface area (Å²) in [7, 11) is 0. The van der Waals surface area contributed by atoms with Crippen LogP contribution in [-0.2, 0) is 0 Å². The van der Waals surface area contributed by atoms with E-state index in [0.29, 0.717) is 10.1 Å². The highest BCUT2D eigenvalue weighted by Crippen LogP contribution is 2.36. The summed E-state index contributed by atoms with van der Waals surface area (Å²) in [6.07, 6.45) is 2.04. The minimum absolute atomic E-state index is 0.0440. The van der Waals surface area contributed by atoms with Gasteiger partial charge in [0.25, 0.3) is 5.56 Å². The average Bonchev–Trinajstić information content (AvgIpc) is 3.05. The van der Waals surface area contributed by atoms with Crippen LogP contribution in [0.4, 0.5) is 5.95 Å². The topological polar surface area (TPSA) is 73.8 Å². The molecule has 1 aliphatic carbocycles. The highest BCUT2D eigenvalue weighted by atomic mass is 79.9. The van der Waals surface area contributed by atoms with Crippen LogP contribution in [0.5, 0.6) is 0 Å². The Balaban J connectivity index is 2.49. The molecule has 0 saturated heterocycles. The number of nitrogens with two attached hydrogens (primary N) is 1. The molecule has 2 heterocycles. The lowest BCUT2D eigenvalue weighted by molar-refractivity contribution is 0.725. The van der Waals surface area contributed by atoms with Crippen LogP contribution in [0.25, 0.3) is 11.0 Å². The van der Waals surface area contributed by atoms with Gasteiger partial charge in [0, 0.05) is 11.4 Å². The van der Waals surface area contributed by atoms with Gasteiger partial charge in [0.05, 0.1) is 10.2 Å². The molecule has 2 aromatic rings. The summed E-state index contributed by atoms with van der Waals surface area (Å²) in [6.45, 7) is 1.87. The van der Waals surface area contributed by atoms with Gasteiger partial charge in [-0.2, -0.15) is 4.98 Å². The lowest BCUT2D eigenvalue weighted by Gasteiger charge is -2.10. The predicted octanol–water partition coefficient (Wildman–Crippen LogP) is 1.78. The molecule has 6 heteroatoms. The Labute approximate surface area is 106 Å². The van der Waals surface area contributed by atoms with Gasteiger partial charge in [-0.3, -0.25) is 9.36 Å². The lowest BCUT2D eigenvalue weighted by atomic mass is 10.2. The second-order valence-electron chi connectivity index (χ2n) is 4.30. The maximum atomic E-state index is 12.1. The van der Waals surface area contributed by atoms with Crippen molar-refractivity contribution >= 4 is 32.9 Å². The van der Waals surface area contributed by atoms with Crippen molar-refractivity contribution in [1.82, 2.24) is 14.5 Å². The fourth-order valence-corrected chi connectivity index (χ4v) is 2.43. The SMILES string of the molecule is Cc1nc(N)nc2c1cc(Br)c(=O)n2C1CC1. The molecule has 0 unspecified atom stereocenters. The van der Waals surface area contributed by atoms with E-state index >= 15 is 0 Å². The van der Waals surface area contributed by atoms with Crippen LogP contribution in [0.3, 0.4) is 0 Å². The van der Waals surface area contributed by atoms with Crippen molar-refractivity contribution < 1.29 is 0 Å². The number of nitrogens with zero attached hydrogens (tertiary/aromatic N) is 3. The van der Waals surface area contributed by atoms with E-state index in [0.717, 1.165) is 23.9 Å². The zero-order valence-corrected chi connectivity index (χ0v) is 10.9. The number of fused-ring (bicyclic) bond motifs is 1. The van der Waals surface area contributed by atoms with Gasteiger partial charge in [-0.1, -0.05) is 0 Å². The summed E-state index contributed by atoms with van der Waals surface area (Å²) in [6, 6.07) is 2.03. The minimum Gasteiger partial charge on any atom is -0.368 e. The standard InChI is InChI=1S/C11H11BrN4O/c1-5-7-4-8(12)10(17)16(6-2-3-6)9(7)15-11(13)14-5/h4,6H,2-3H2,1H3,(H2,13,14,15). The summed E-state index contributed by atoms with van der Waals surface area (Å²) in [5.41, 5.74) is 7.05. The van der Waals surface area contributed by atoms with Crippen molar-refractivity contribution in [2.75, 3.05) is 5.73 Å². The summed E-state index contributed by atoms with van der Waals surface area (Å²) < 4.78 is 2.28. The molecule has 2 aromatic heterocycles. The third kappa shape index (κ3) is 1.63. The van der Waals surface area contributed by atoms with Crippen LogP contribution >= 0.6 is 15.9 Å². The number of hydrogen-bond acceptors (Lipinski definition) is 4. The molecule has 0 atom stereocenters. The zero-order chi connectivity index (χ0) is 12.2. The van der Waals surface area contributed by atoms with Crippen LogP contribution in [0.2, 0.25) is 0 Å². The molecule has 17 heavy (non-hydrogen) atoms. The van der Waals surface area contributed by atoms with E-state index in [1.54, 1.807) is 10.6 Å². The van der Waals surface area contributed by atoms with Crippen molar-refractivity contribution in [2.45, 2.75) is 25.8 Å². The number of nitrogen functional groups attached to an aromatic ring is 1. The van der Waals surface area contributed by atoms with Gasteiger partial charge < -0.3 is 5.73 Å². The highest BCUT2D eigenvalue weighted by molar-refractivity contribution is 9.10. The number of aromatic nitrogens is 3. The Morgan fingerprint density at radius 1 is 1.47 bits per heavy atom. The number of halogens is 1. The van der Waals surface area contributed by atoms with Crippen molar-refractivity contribution in [3.05, 3.63) is 26.6 Å². The number of anilines is 1. The molecule has 2 N–H and O–H groups in total. The second-order valence-corrected chi connectivity index (χ2v) is 5.16. The van der Waals surface area contributed by atoms with Crippen LogP contribution in [0, 0.1) is 6.92 Å². The highest BCUT2D eigenvalue weighted by Gasteiger charge is 2.28. The molecular weight excluding hydrogens is 284 g/mol. The Kier molecular flexibility index (Phi) is 2.22. The van der Waals surface area contributed by atoms with E-state index in [1.807, 2.05) is 6.92 Å². The largest absolute Gasteiger partial charge is 0.368 e. The number of pyridine rings is 1. The molecule has 88 valence electrons. The molecular formula is C11H11BrN4O. The Morgan fingerprint density at radius 2 is 2.18 bits per heavy atom. The van der Waals surface area contributed by atoms with Crippen molar-refractivity contribution in [3.8, 4) is 0 Å². The molecule has 0 bridgehead atoms. The monoisotopic (exact) mass is 294 g/mol. The molecule has 3 rings (SSSR count). The maximum absolute atomic E-state index is 12.1. The van der Waals surface area contributed by atoms with E-state index < -0.39 is 0 Å². The average molecular weight is 295 g/mol. The summed E-state index contributed by atoms with van der Waals surface area (Å²) in [5, 5.41) is 0.873. The van der Waals surface area contributed by atoms with E-state index in [1.165, 1.54) is 0 Å². The van der Waals surface area contributed by atoms with Gasteiger partial charge in [0.2, 0.25) is 5.95 Å². The molecule has 1 aliphatic rings. The second kappa shape index (κ2) is 3.53. The van der Waals surface area contributed by atoms with Crippen LogP contribution in [0.1, 0.15) is 24.6 Å². The van der Waals surface area contributed by atoms with Gasteiger partial charge in [0.1, 0.15) is 5.65 Å². The normalized spacial score (nSPS) is 15.4. The first-order chi connectivity index (χ1) is 8.08. The van der Waals surface area contributed by atoms with Gasteiger partial charge in [-0.25, -0.2) is 4.98 Å². The third-order valence-corrected chi connectivity index (χ3v) is 3.54. The molecule has 0 amide bonds. The molecule has 1 fully saturated rings. The summed E-state index contributed by atoms with van der Waals surface area (Å²) in [4.78, 5) is 20.4. The molecule has 5 nitrogen and oxygen atoms in total. The number of rotatable bonds is 1. The maximum Gasteiger partial charge on any atom is 0.266 e. The molecule has 1 saturated carbocycles. The third-order valence-electron chi connectivity index (χ3n) is 2.97. The van der Waals surface area contributed by atoms with Crippen molar-refractivity contribution in [2.24, 2.45) is 0 Å². The molecule has 0 radical (unpaired) electrons. The zero-order valence-electron chi connectivity index (χ0n) is 9.27. The Morgan fingerprint density at radius 3 is 2.82 bits per heavy atom. The summed E-state index contributed by atoms with van der Waals surface area (Å²) in [5.74, 6) is 0.214. The predicted molar refractivity (Wildman–Crippen MR) is 68.9 cm³/mol. The Bertz CT molecular complexity index is 675. The number of hydrogen-bond donors (Lipinski definition) is 1. The van der Waals surface area contributed by atoms with E-state index in [-0.39, 0.29) is 17.5 Å². The quantitative estimate of drug-likeness (QED) is 0.870. The van der Waals surface area contributed by atoms with Crippen LogP contribution in [0.15, 0.2) is 15.3 Å². The van der Waals surface area contributed by atoms with E-state index in [2.05, 4.69) is 25.9 Å². The molecule has 0 aromatic carbocycles. The van der Waals surface area contributed by atoms with Gasteiger partial charge >= 0.3 is 0 Å². The van der Waals surface area contributed by atoms with E-state index in [4.69, 9.17) is 5.73 Å². The van der Waals surface area contributed by atoms with Crippen molar-refractivity contribution in [1.29, 1.82) is 0 Å². The van der Waals surface area contributed by atoms with Gasteiger partial charge in [-0.05, 0) is 41.8 Å². The molecule has 0 aliphatic heterocycles. The number of aryl methyl sites for hydroxylation is 1. The van der Waals surface area contributed by atoms with Crippen LogP contribution in [-0.4, -0.2) is 14.5 Å². The first-order valence-corrected chi connectivity index (χ1v) is 6.22. The first kappa shape index (κ1) is 10.7. The molecule has 0 spiro atoms. The summed E-state index contributed by atoms with van der Waals surface area (Å²) >= 11 is 3.30. The first-order valence-electron chi connectivity index (χ1n) is 5.43. The minimum atomic E-state index is -0.0440. The van der Waals surface area contributed by atoms with Gasteiger partial charge in [-0.15, -0.1) is 0 Å². The van der Waals surface area contributed by atoms with Crippen molar-refractivity contribution in [3.63, 3.8) is 0 Å². The fourth-order valence-electron chi connectivity index (χ4n) is 2.01. The van der Waals surface area contributed by atoms with Gasteiger partial charge in [0.15, 0.2) is 0 Å². The smallest absolute Gasteiger partial charge is 0.266 e. The van der Waals surface area contributed by atoms with Crippen LogP contribution < -0.4 is 11.3 Å². The lowest BCUT2D eigenvalue weighted by Crippen LogP contribution is -2.21.